The topological polar surface area (TPSA) is 71.1 Å². The molecule has 2 rings (SSSR count). The van der Waals surface area contributed by atoms with Crippen molar-refractivity contribution >= 4 is 24.1 Å². The molecule has 0 saturated carbocycles. The van der Waals surface area contributed by atoms with E-state index in [4.69, 9.17) is 18.9 Å². The van der Waals surface area contributed by atoms with Crippen molar-refractivity contribution in [2.24, 2.45) is 0 Å². The minimum Gasteiger partial charge on any atom is -0.493 e. The molecule has 6 heteroatoms. The smallest absolute Gasteiger partial charge is 0.335 e. The average Bonchev–Trinajstić information content (AvgIpc) is 2.67. The molecule has 0 unspecified atom stereocenters. The Morgan fingerprint density at radius 3 is 2.07 bits per heavy atom. The Morgan fingerprint density at radius 2 is 1.52 bits per heavy atom. The second-order valence-electron chi connectivity index (χ2n) is 5.33. The summed E-state index contributed by atoms with van der Waals surface area (Å²) < 4.78 is 20.6. The second-order valence-corrected chi connectivity index (χ2v) is 5.33. The summed E-state index contributed by atoms with van der Waals surface area (Å²) in [6.45, 7) is 1.28. The molecule has 0 fully saturated rings. The SMILES string of the molecule is COc1cc(/C=C/C(=O)O/C=C/c2ccccc2)cc(OC)c1OC(C)=O. The van der Waals surface area contributed by atoms with E-state index in [1.54, 1.807) is 24.3 Å². The minimum absolute atomic E-state index is 0.179. The molecule has 0 bridgehead atoms. The van der Waals surface area contributed by atoms with Crippen LogP contribution in [-0.2, 0) is 14.3 Å². The molecule has 0 radical (unpaired) electrons. The van der Waals surface area contributed by atoms with E-state index in [0.717, 1.165) is 5.56 Å². The standard InChI is InChI=1S/C21H20O6/c1-15(22)27-21-18(24-2)13-17(14-19(21)25-3)9-10-20(23)26-12-11-16-7-5-4-6-8-16/h4-14H,1-3H3/b10-9+,12-11+. The Morgan fingerprint density at radius 1 is 0.889 bits per heavy atom. The highest BCUT2D eigenvalue weighted by molar-refractivity contribution is 5.88. The summed E-state index contributed by atoms with van der Waals surface area (Å²) in [5, 5.41) is 0. The molecule has 0 N–H and O–H groups in total. The van der Waals surface area contributed by atoms with Gasteiger partial charge in [0.2, 0.25) is 5.75 Å². The third-order valence-corrected chi connectivity index (χ3v) is 3.38. The van der Waals surface area contributed by atoms with Crippen molar-refractivity contribution in [1.82, 2.24) is 0 Å². The van der Waals surface area contributed by atoms with E-state index < -0.39 is 11.9 Å². The lowest BCUT2D eigenvalue weighted by Crippen LogP contribution is -2.05. The summed E-state index contributed by atoms with van der Waals surface area (Å²) in [4.78, 5) is 23.1. The zero-order valence-electron chi connectivity index (χ0n) is 15.3. The van der Waals surface area contributed by atoms with Crippen molar-refractivity contribution in [3.63, 3.8) is 0 Å². The van der Waals surface area contributed by atoms with Gasteiger partial charge in [-0.2, -0.15) is 0 Å². The molecular formula is C21H20O6. The van der Waals surface area contributed by atoms with Gasteiger partial charge in [-0.1, -0.05) is 30.3 Å². The molecule has 6 nitrogen and oxygen atoms in total. The fourth-order valence-corrected chi connectivity index (χ4v) is 2.19. The van der Waals surface area contributed by atoms with Crippen LogP contribution in [0.4, 0.5) is 0 Å². The van der Waals surface area contributed by atoms with Gasteiger partial charge < -0.3 is 18.9 Å². The van der Waals surface area contributed by atoms with Gasteiger partial charge in [0.15, 0.2) is 11.5 Å². The molecule has 2 aromatic rings. The number of benzene rings is 2. The first kappa shape index (κ1) is 19.8. The van der Waals surface area contributed by atoms with Crippen LogP contribution in [0.2, 0.25) is 0 Å². The van der Waals surface area contributed by atoms with E-state index in [9.17, 15) is 9.59 Å². The predicted molar refractivity (Wildman–Crippen MR) is 101 cm³/mol. The van der Waals surface area contributed by atoms with Gasteiger partial charge in [0, 0.05) is 13.0 Å². The molecule has 0 heterocycles. The highest BCUT2D eigenvalue weighted by Gasteiger charge is 2.15. The van der Waals surface area contributed by atoms with Crippen molar-refractivity contribution in [2.45, 2.75) is 6.92 Å². The Hall–Kier alpha value is -3.54. The number of rotatable bonds is 7. The molecule has 2 aromatic carbocycles. The summed E-state index contributed by atoms with van der Waals surface area (Å²) in [6, 6.07) is 12.7. The summed E-state index contributed by atoms with van der Waals surface area (Å²) in [7, 11) is 2.88. The molecule has 0 aliphatic carbocycles. The Bertz CT molecular complexity index is 827. The summed E-state index contributed by atoms with van der Waals surface area (Å²) in [5.74, 6) is -0.242. The molecule has 0 aliphatic rings. The van der Waals surface area contributed by atoms with E-state index >= 15 is 0 Å². The zero-order valence-corrected chi connectivity index (χ0v) is 15.3. The summed E-state index contributed by atoms with van der Waals surface area (Å²) in [6.07, 6.45) is 5.83. The van der Waals surface area contributed by atoms with Crippen LogP contribution in [0.25, 0.3) is 12.2 Å². The third-order valence-electron chi connectivity index (χ3n) is 3.38. The maximum absolute atomic E-state index is 11.8. The van der Waals surface area contributed by atoms with E-state index in [0.29, 0.717) is 17.1 Å². The van der Waals surface area contributed by atoms with Crippen LogP contribution in [0.1, 0.15) is 18.1 Å². The number of methoxy groups -OCH3 is 2. The van der Waals surface area contributed by atoms with Crippen molar-refractivity contribution in [2.75, 3.05) is 14.2 Å². The van der Waals surface area contributed by atoms with Gasteiger partial charge in [-0.15, -0.1) is 0 Å². The van der Waals surface area contributed by atoms with Crippen LogP contribution in [0.3, 0.4) is 0 Å². The van der Waals surface area contributed by atoms with Crippen molar-refractivity contribution in [1.29, 1.82) is 0 Å². The molecule has 27 heavy (non-hydrogen) atoms. The van der Waals surface area contributed by atoms with Gasteiger partial charge in [0.25, 0.3) is 0 Å². The average molecular weight is 368 g/mol. The number of ether oxygens (including phenoxy) is 4. The lowest BCUT2D eigenvalue weighted by molar-refractivity contribution is -0.133. The highest BCUT2D eigenvalue weighted by atomic mass is 16.6. The van der Waals surface area contributed by atoms with Crippen LogP contribution in [0.5, 0.6) is 17.2 Å². The first-order chi connectivity index (χ1) is 13.0. The number of carbonyl (C=O) groups excluding carboxylic acids is 2. The maximum atomic E-state index is 11.8. The van der Waals surface area contributed by atoms with Crippen LogP contribution >= 0.6 is 0 Å². The highest BCUT2D eigenvalue weighted by Crippen LogP contribution is 2.39. The van der Waals surface area contributed by atoms with Gasteiger partial charge in [0.1, 0.15) is 0 Å². The molecular weight excluding hydrogens is 348 g/mol. The van der Waals surface area contributed by atoms with Gasteiger partial charge in [0.05, 0.1) is 20.5 Å². The number of hydrogen-bond acceptors (Lipinski definition) is 6. The van der Waals surface area contributed by atoms with Crippen molar-refractivity contribution in [3.05, 3.63) is 65.9 Å². The Balaban J connectivity index is 2.10. The zero-order chi connectivity index (χ0) is 19.6. The van der Waals surface area contributed by atoms with Crippen molar-refractivity contribution in [3.8, 4) is 17.2 Å². The Kier molecular flexibility index (Phi) is 7.19. The monoisotopic (exact) mass is 368 g/mol. The largest absolute Gasteiger partial charge is 0.493 e. The molecule has 0 atom stereocenters. The molecule has 0 saturated heterocycles. The number of carbonyl (C=O) groups is 2. The number of esters is 2. The molecule has 140 valence electrons. The fourth-order valence-electron chi connectivity index (χ4n) is 2.19. The predicted octanol–water partition coefficient (Wildman–Crippen LogP) is 3.86. The lowest BCUT2D eigenvalue weighted by atomic mass is 10.1. The van der Waals surface area contributed by atoms with Gasteiger partial charge in [-0.3, -0.25) is 4.79 Å². The second kappa shape index (κ2) is 9.82. The Labute approximate surface area is 157 Å². The summed E-state index contributed by atoms with van der Waals surface area (Å²) in [5.41, 5.74) is 1.54. The molecule has 0 aromatic heterocycles. The quantitative estimate of drug-likeness (QED) is 0.320. The third kappa shape index (κ3) is 6.04. The fraction of sp³-hybridized carbons (Fsp3) is 0.143. The van der Waals surface area contributed by atoms with Crippen LogP contribution in [0.15, 0.2) is 54.8 Å². The minimum atomic E-state index is -0.538. The molecule has 0 spiro atoms. The summed E-state index contributed by atoms with van der Waals surface area (Å²) >= 11 is 0. The first-order valence-electron chi connectivity index (χ1n) is 8.08. The first-order valence-corrected chi connectivity index (χ1v) is 8.08. The van der Waals surface area contributed by atoms with Crippen molar-refractivity contribution < 1.29 is 28.5 Å². The van der Waals surface area contributed by atoms with Gasteiger partial charge >= 0.3 is 11.9 Å². The van der Waals surface area contributed by atoms with Crippen LogP contribution in [0, 0.1) is 0 Å². The van der Waals surface area contributed by atoms with E-state index in [1.807, 2.05) is 30.3 Å². The lowest BCUT2D eigenvalue weighted by Gasteiger charge is -2.13. The molecule has 0 amide bonds. The molecule has 0 aliphatic heterocycles. The van der Waals surface area contributed by atoms with E-state index in [-0.39, 0.29) is 5.75 Å². The van der Waals surface area contributed by atoms with E-state index in [2.05, 4.69) is 0 Å². The van der Waals surface area contributed by atoms with Gasteiger partial charge in [-0.05, 0) is 35.4 Å². The van der Waals surface area contributed by atoms with E-state index in [1.165, 1.54) is 33.5 Å². The normalized spacial score (nSPS) is 10.8. The number of hydrogen-bond donors (Lipinski definition) is 0. The van der Waals surface area contributed by atoms with Crippen LogP contribution < -0.4 is 14.2 Å². The van der Waals surface area contributed by atoms with Gasteiger partial charge in [-0.25, -0.2) is 4.79 Å². The van der Waals surface area contributed by atoms with Crippen LogP contribution in [-0.4, -0.2) is 26.2 Å². The maximum Gasteiger partial charge on any atom is 0.335 e.